The molecule has 0 saturated heterocycles. The number of rotatable bonds is 6. The van der Waals surface area contributed by atoms with E-state index in [4.69, 9.17) is 4.42 Å². The lowest BCUT2D eigenvalue weighted by Gasteiger charge is -2.21. The third-order valence-electron chi connectivity index (χ3n) is 4.02. The Kier molecular flexibility index (Phi) is 8.65. The molecule has 1 amide bonds. The number of nitrogens with one attached hydrogen (secondary N) is 2. The summed E-state index contributed by atoms with van der Waals surface area (Å²) in [4.78, 5) is 23.0. The summed E-state index contributed by atoms with van der Waals surface area (Å²) in [6, 6.07) is 11.0. The highest BCUT2D eigenvalue weighted by Gasteiger charge is 2.10. The number of aromatic nitrogens is 1. The lowest BCUT2D eigenvalue weighted by molar-refractivity contribution is 0.0996. The van der Waals surface area contributed by atoms with Crippen molar-refractivity contribution in [2.24, 2.45) is 4.99 Å². The molecule has 0 bridgehead atoms. The van der Waals surface area contributed by atoms with Crippen molar-refractivity contribution in [3.8, 4) is 0 Å². The van der Waals surface area contributed by atoms with Gasteiger partial charge < -0.3 is 20.0 Å². The molecule has 0 fully saturated rings. The van der Waals surface area contributed by atoms with Crippen molar-refractivity contribution < 1.29 is 9.21 Å². The van der Waals surface area contributed by atoms with Gasteiger partial charge in [-0.15, -0.1) is 35.3 Å². The molecule has 9 heteroatoms. The first kappa shape index (κ1) is 22.9. The Morgan fingerprint density at radius 1 is 1.31 bits per heavy atom. The van der Waals surface area contributed by atoms with E-state index < -0.39 is 0 Å². The minimum Gasteiger partial charge on any atom is -0.459 e. The number of anilines is 1. The number of aryl methyl sites for hydroxylation is 1. The third kappa shape index (κ3) is 6.57. The second-order valence-electron chi connectivity index (χ2n) is 6.25. The molecule has 0 radical (unpaired) electrons. The number of aliphatic imine (C=N–C) groups is 1. The molecule has 2 N–H and O–H groups in total. The van der Waals surface area contributed by atoms with E-state index in [1.165, 1.54) is 6.26 Å². The van der Waals surface area contributed by atoms with Crippen LogP contribution in [0.5, 0.6) is 0 Å². The largest absolute Gasteiger partial charge is 0.459 e. The van der Waals surface area contributed by atoms with Gasteiger partial charge in [-0.2, -0.15) is 0 Å². The zero-order valence-corrected chi connectivity index (χ0v) is 19.7. The summed E-state index contributed by atoms with van der Waals surface area (Å²) in [6.07, 6.45) is 1.48. The van der Waals surface area contributed by atoms with Gasteiger partial charge in [-0.1, -0.05) is 12.1 Å². The standard InChI is InChI=1S/C20H23N5O2S.HI/c1-14-23-17(13-28-14)12-25(3)20(21-2)22-11-15-6-4-7-16(10-15)24-19(26)18-8-5-9-27-18;/h4-10,13H,11-12H2,1-3H3,(H,21,22)(H,24,26);1H. The Morgan fingerprint density at radius 2 is 2.14 bits per heavy atom. The molecule has 0 spiro atoms. The maximum atomic E-state index is 12.1. The van der Waals surface area contributed by atoms with Gasteiger partial charge in [0.2, 0.25) is 0 Å². The van der Waals surface area contributed by atoms with Crippen LogP contribution in [0.4, 0.5) is 5.69 Å². The average Bonchev–Trinajstić information content (AvgIpc) is 3.34. The minimum absolute atomic E-state index is 0. The molecule has 0 aliphatic carbocycles. The van der Waals surface area contributed by atoms with Crippen LogP contribution < -0.4 is 10.6 Å². The van der Waals surface area contributed by atoms with Gasteiger partial charge in [0, 0.05) is 31.7 Å². The summed E-state index contributed by atoms with van der Waals surface area (Å²) in [7, 11) is 3.73. The van der Waals surface area contributed by atoms with Crippen molar-refractivity contribution in [2.45, 2.75) is 20.0 Å². The fourth-order valence-electron chi connectivity index (χ4n) is 2.72. The maximum Gasteiger partial charge on any atom is 0.291 e. The van der Waals surface area contributed by atoms with E-state index in [0.29, 0.717) is 18.8 Å². The van der Waals surface area contributed by atoms with E-state index in [0.717, 1.165) is 22.2 Å². The van der Waals surface area contributed by atoms with Crippen LogP contribution in [0.1, 0.15) is 26.8 Å². The van der Waals surface area contributed by atoms with E-state index in [1.54, 1.807) is 30.5 Å². The molecule has 2 heterocycles. The van der Waals surface area contributed by atoms with Crippen LogP contribution >= 0.6 is 35.3 Å². The zero-order chi connectivity index (χ0) is 19.9. The highest BCUT2D eigenvalue weighted by atomic mass is 127. The lowest BCUT2D eigenvalue weighted by atomic mass is 10.2. The number of furan rings is 1. The number of nitrogens with zero attached hydrogens (tertiary/aromatic N) is 3. The normalized spacial score (nSPS) is 10.9. The average molecular weight is 525 g/mol. The third-order valence-corrected chi connectivity index (χ3v) is 4.84. The molecule has 154 valence electrons. The van der Waals surface area contributed by atoms with Gasteiger partial charge in [0.15, 0.2) is 11.7 Å². The molecular weight excluding hydrogens is 501 g/mol. The number of thiazole rings is 1. The van der Waals surface area contributed by atoms with E-state index >= 15 is 0 Å². The number of hydrogen-bond acceptors (Lipinski definition) is 5. The van der Waals surface area contributed by atoms with Crippen molar-refractivity contribution in [3.63, 3.8) is 0 Å². The van der Waals surface area contributed by atoms with Crippen LogP contribution in [-0.4, -0.2) is 35.8 Å². The molecule has 0 unspecified atom stereocenters. The maximum absolute atomic E-state index is 12.1. The summed E-state index contributed by atoms with van der Waals surface area (Å²) in [5.41, 5.74) is 2.76. The topological polar surface area (TPSA) is 82.8 Å². The first-order valence-corrected chi connectivity index (χ1v) is 9.69. The number of benzene rings is 1. The molecule has 1 aromatic carbocycles. The van der Waals surface area contributed by atoms with Crippen LogP contribution in [0.15, 0.2) is 57.5 Å². The number of carbonyl (C=O) groups is 1. The lowest BCUT2D eigenvalue weighted by Crippen LogP contribution is -2.38. The molecule has 3 aromatic rings. The van der Waals surface area contributed by atoms with E-state index in [-0.39, 0.29) is 35.6 Å². The van der Waals surface area contributed by atoms with Gasteiger partial charge in [-0.3, -0.25) is 9.79 Å². The smallest absolute Gasteiger partial charge is 0.291 e. The number of guanidine groups is 1. The second-order valence-corrected chi connectivity index (χ2v) is 7.31. The monoisotopic (exact) mass is 525 g/mol. The molecule has 0 aliphatic rings. The molecule has 3 rings (SSSR count). The first-order chi connectivity index (χ1) is 13.5. The van der Waals surface area contributed by atoms with Crippen LogP contribution in [-0.2, 0) is 13.1 Å². The van der Waals surface area contributed by atoms with Crippen LogP contribution in [0.25, 0.3) is 0 Å². The van der Waals surface area contributed by atoms with Crippen molar-refractivity contribution in [1.82, 2.24) is 15.2 Å². The van der Waals surface area contributed by atoms with Crippen molar-refractivity contribution in [1.29, 1.82) is 0 Å². The van der Waals surface area contributed by atoms with Crippen LogP contribution in [0.2, 0.25) is 0 Å². The molecule has 2 aromatic heterocycles. The summed E-state index contributed by atoms with van der Waals surface area (Å²) in [5.74, 6) is 0.780. The van der Waals surface area contributed by atoms with Gasteiger partial charge in [0.05, 0.1) is 23.5 Å². The quantitative estimate of drug-likeness (QED) is 0.288. The fourth-order valence-corrected chi connectivity index (χ4v) is 3.33. The summed E-state index contributed by atoms with van der Waals surface area (Å²) >= 11 is 1.64. The summed E-state index contributed by atoms with van der Waals surface area (Å²) < 4.78 is 5.12. The Balaban J connectivity index is 0.00000300. The Labute approximate surface area is 191 Å². The van der Waals surface area contributed by atoms with Gasteiger partial charge in [-0.25, -0.2) is 4.98 Å². The highest BCUT2D eigenvalue weighted by Crippen LogP contribution is 2.13. The second kappa shape index (κ2) is 11.0. The van der Waals surface area contributed by atoms with Crippen molar-refractivity contribution in [3.05, 3.63) is 70.1 Å². The Hall–Kier alpha value is -2.40. The van der Waals surface area contributed by atoms with Gasteiger partial charge >= 0.3 is 0 Å². The first-order valence-electron chi connectivity index (χ1n) is 8.81. The van der Waals surface area contributed by atoms with Gasteiger partial charge in [-0.05, 0) is 36.8 Å². The zero-order valence-electron chi connectivity index (χ0n) is 16.5. The Bertz CT molecular complexity index is 955. The molecular formula is C20H24IN5O2S. The summed E-state index contributed by atoms with van der Waals surface area (Å²) in [5, 5.41) is 9.29. The molecule has 29 heavy (non-hydrogen) atoms. The van der Waals surface area contributed by atoms with E-state index in [2.05, 4.69) is 26.0 Å². The summed E-state index contributed by atoms with van der Waals surface area (Å²) in [6.45, 7) is 3.26. The van der Waals surface area contributed by atoms with E-state index in [1.807, 2.05) is 43.1 Å². The minimum atomic E-state index is -0.274. The predicted molar refractivity (Wildman–Crippen MR) is 127 cm³/mol. The molecule has 0 saturated carbocycles. The molecule has 7 nitrogen and oxygen atoms in total. The number of amides is 1. The fraction of sp³-hybridized carbons (Fsp3) is 0.250. The van der Waals surface area contributed by atoms with E-state index in [9.17, 15) is 4.79 Å². The number of carbonyl (C=O) groups excluding carboxylic acids is 1. The van der Waals surface area contributed by atoms with Crippen LogP contribution in [0, 0.1) is 6.92 Å². The number of halogens is 1. The highest BCUT2D eigenvalue weighted by molar-refractivity contribution is 14.0. The SMILES string of the molecule is CN=C(NCc1cccc(NC(=O)c2ccco2)c1)N(C)Cc1csc(C)n1.I. The van der Waals surface area contributed by atoms with Crippen molar-refractivity contribution >= 4 is 52.9 Å². The van der Waals surface area contributed by atoms with Crippen molar-refractivity contribution in [2.75, 3.05) is 19.4 Å². The van der Waals surface area contributed by atoms with Gasteiger partial charge in [0.25, 0.3) is 5.91 Å². The number of hydrogen-bond donors (Lipinski definition) is 2. The van der Waals surface area contributed by atoms with Crippen LogP contribution in [0.3, 0.4) is 0 Å². The molecule has 0 atom stereocenters. The van der Waals surface area contributed by atoms with Gasteiger partial charge in [0.1, 0.15) is 0 Å². The predicted octanol–water partition coefficient (Wildman–Crippen LogP) is 4.12. The Morgan fingerprint density at radius 3 is 2.79 bits per heavy atom. The molecule has 0 aliphatic heterocycles.